The van der Waals surface area contributed by atoms with Gasteiger partial charge in [0.05, 0.1) is 18.8 Å². The van der Waals surface area contributed by atoms with Crippen molar-refractivity contribution in [3.63, 3.8) is 0 Å². The molecule has 1 heterocycles. The molecule has 0 bridgehead atoms. The zero-order chi connectivity index (χ0) is 10.1. The van der Waals surface area contributed by atoms with Gasteiger partial charge in [-0.2, -0.15) is 0 Å². The summed E-state index contributed by atoms with van der Waals surface area (Å²) in [6, 6.07) is 6.46. The number of aryl methyl sites for hydroxylation is 1. The first-order valence-corrected chi connectivity index (χ1v) is 5.19. The molecule has 0 spiro atoms. The van der Waals surface area contributed by atoms with Gasteiger partial charge in [0.25, 0.3) is 0 Å². The highest BCUT2D eigenvalue weighted by Crippen LogP contribution is 2.29. The lowest BCUT2D eigenvalue weighted by atomic mass is 9.92. The highest BCUT2D eigenvalue weighted by Gasteiger charge is 2.25. The van der Waals surface area contributed by atoms with Crippen molar-refractivity contribution in [3.8, 4) is 0 Å². The summed E-state index contributed by atoms with van der Waals surface area (Å²) < 4.78 is 5.68. The van der Waals surface area contributed by atoms with Gasteiger partial charge in [-0.05, 0) is 24.5 Å². The van der Waals surface area contributed by atoms with Gasteiger partial charge in [-0.1, -0.05) is 30.7 Å². The van der Waals surface area contributed by atoms with Gasteiger partial charge in [-0.25, -0.2) is 0 Å². The molecule has 0 amide bonds. The van der Waals surface area contributed by atoms with E-state index in [2.05, 4.69) is 32.0 Å². The Labute approximate surface area is 97.2 Å². The molecule has 1 aliphatic heterocycles. The molecule has 84 valence electrons. The van der Waals surface area contributed by atoms with Crippen molar-refractivity contribution in [3.05, 3.63) is 34.9 Å². The van der Waals surface area contributed by atoms with E-state index in [1.165, 1.54) is 16.7 Å². The van der Waals surface area contributed by atoms with Crippen LogP contribution in [0.3, 0.4) is 0 Å². The van der Waals surface area contributed by atoms with E-state index in [9.17, 15) is 0 Å². The number of hydrogen-bond acceptors (Lipinski definition) is 2. The van der Waals surface area contributed by atoms with E-state index in [0.717, 1.165) is 6.42 Å². The second kappa shape index (κ2) is 4.97. The van der Waals surface area contributed by atoms with Crippen LogP contribution in [0.2, 0.25) is 0 Å². The normalized spacial score (nSPS) is 24.2. The molecule has 2 atom stereocenters. The molecule has 2 rings (SSSR count). The highest BCUT2D eigenvalue weighted by atomic mass is 35.5. The summed E-state index contributed by atoms with van der Waals surface area (Å²) >= 11 is 0. The van der Waals surface area contributed by atoms with Crippen LogP contribution in [0.25, 0.3) is 0 Å². The molecule has 1 aliphatic rings. The number of nitrogens with two attached hydrogens (primary N) is 1. The van der Waals surface area contributed by atoms with Crippen molar-refractivity contribution >= 4 is 12.4 Å². The molecular formula is C12H18ClNO. The number of halogens is 1. The second-order valence-corrected chi connectivity index (χ2v) is 3.99. The van der Waals surface area contributed by atoms with Crippen LogP contribution in [-0.2, 0) is 11.3 Å². The first kappa shape index (κ1) is 12.5. The van der Waals surface area contributed by atoms with E-state index >= 15 is 0 Å². The van der Waals surface area contributed by atoms with E-state index in [0.29, 0.717) is 6.61 Å². The lowest BCUT2D eigenvalue weighted by Gasteiger charge is -2.30. The topological polar surface area (TPSA) is 35.2 Å². The van der Waals surface area contributed by atoms with Gasteiger partial charge in [0.15, 0.2) is 0 Å². The molecular weight excluding hydrogens is 210 g/mol. The van der Waals surface area contributed by atoms with Gasteiger partial charge < -0.3 is 10.5 Å². The fraction of sp³-hybridized carbons (Fsp3) is 0.500. The smallest absolute Gasteiger partial charge is 0.0769 e. The highest BCUT2D eigenvalue weighted by molar-refractivity contribution is 5.85. The second-order valence-electron chi connectivity index (χ2n) is 3.99. The van der Waals surface area contributed by atoms with Crippen LogP contribution in [-0.4, -0.2) is 6.10 Å². The number of ether oxygens (including phenoxy) is 1. The quantitative estimate of drug-likeness (QED) is 0.801. The molecule has 3 heteroatoms. The number of benzene rings is 1. The Bertz CT molecular complexity index is 340. The summed E-state index contributed by atoms with van der Waals surface area (Å²) in [6.07, 6.45) is 1.17. The summed E-state index contributed by atoms with van der Waals surface area (Å²) in [5.74, 6) is 0. The maximum Gasteiger partial charge on any atom is 0.0769 e. The van der Waals surface area contributed by atoms with E-state index in [1.54, 1.807) is 0 Å². The molecule has 1 aromatic rings. The minimum atomic E-state index is 0. The van der Waals surface area contributed by atoms with Crippen LogP contribution in [0.5, 0.6) is 0 Å². The van der Waals surface area contributed by atoms with Gasteiger partial charge in [-0.3, -0.25) is 0 Å². The Kier molecular flexibility index (Phi) is 4.14. The Morgan fingerprint density at radius 2 is 2.20 bits per heavy atom. The molecule has 0 saturated carbocycles. The van der Waals surface area contributed by atoms with Crippen molar-refractivity contribution in [2.45, 2.75) is 39.0 Å². The van der Waals surface area contributed by atoms with Crippen molar-refractivity contribution in [1.29, 1.82) is 0 Å². The third-order valence-electron chi connectivity index (χ3n) is 2.92. The third-order valence-corrected chi connectivity index (χ3v) is 2.92. The Morgan fingerprint density at radius 1 is 1.47 bits per heavy atom. The Balaban J connectivity index is 0.00000112. The Morgan fingerprint density at radius 3 is 2.87 bits per heavy atom. The average Bonchev–Trinajstić information content (AvgIpc) is 2.20. The molecule has 0 aliphatic carbocycles. The van der Waals surface area contributed by atoms with Crippen LogP contribution in [0, 0.1) is 6.92 Å². The summed E-state index contributed by atoms with van der Waals surface area (Å²) in [5.41, 5.74) is 9.93. The zero-order valence-electron chi connectivity index (χ0n) is 9.19. The predicted molar refractivity (Wildman–Crippen MR) is 64.2 cm³/mol. The van der Waals surface area contributed by atoms with E-state index in [-0.39, 0.29) is 24.6 Å². The molecule has 0 unspecified atom stereocenters. The molecule has 2 nitrogen and oxygen atoms in total. The van der Waals surface area contributed by atoms with Crippen LogP contribution in [0.15, 0.2) is 18.2 Å². The maximum atomic E-state index is 6.14. The average molecular weight is 228 g/mol. The summed E-state index contributed by atoms with van der Waals surface area (Å²) in [5, 5.41) is 0. The molecule has 1 aromatic carbocycles. The summed E-state index contributed by atoms with van der Waals surface area (Å²) in [4.78, 5) is 0. The largest absolute Gasteiger partial charge is 0.372 e. The van der Waals surface area contributed by atoms with Crippen LogP contribution < -0.4 is 5.73 Å². The van der Waals surface area contributed by atoms with Crippen LogP contribution in [0.1, 0.15) is 36.1 Å². The number of fused-ring (bicyclic) bond motifs is 1. The van der Waals surface area contributed by atoms with E-state index in [4.69, 9.17) is 10.5 Å². The van der Waals surface area contributed by atoms with Gasteiger partial charge in [0.2, 0.25) is 0 Å². The van der Waals surface area contributed by atoms with Crippen LogP contribution >= 0.6 is 12.4 Å². The lowest BCUT2D eigenvalue weighted by molar-refractivity contribution is 0.00678. The monoisotopic (exact) mass is 227 g/mol. The fourth-order valence-corrected chi connectivity index (χ4v) is 2.03. The van der Waals surface area contributed by atoms with Gasteiger partial charge in [0.1, 0.15) is 0 Å². The standard InChI is InChI=1S/C12H17NO.ClH/c1-3-11-12(13)10-6-8(2)4-5-9(10)7-14-11;/h4-6,11-12H,3,7,13H2,1-2H3;1H/t11-,12+;/m1./s1. The maximum absolute atomic E-state index is 6.14. The van der Waals surface area contributed by atoms with Gasteiger partial charge in [-0.15, -0.1) is 12.4 Å². The van der Waals surface area contributed by atoms with Gasteiger partial charge in [0, 0.05) is 0 Å². The third kappa shape index (κ3) is 2.33. The van der Waals surface area contributed by atoms with E-state index in [1.807, 2.05) is 0 Å². The van der Waals surface area contributed by atoms with Crippen molar-refractivity contribution in [1.82, 2.24) is 0 Å². The molecule has 15 heavy (non-hydrogen) atoms. The molecule has 2 N–H and O–H groups in total. The molecule has 0 radical (unpaired) electrons. The molecule has 0 saturated heterocycles. The first-order chi connectivity index (χ1) is 6.72. The lowest BCUT2D eigenvalue weighted by Crippen LogP contribution is -2.33. The van der Waals surface area contributed by atoms with Crippen LogP contribution in [0.4, 0.5) is 0 Å². The van der Waals surface area contributed by atoms with Crippen molar-refractivity contribution in [2.75, 3.05) is 0 Å². The fourth-order valence-electron chi connectivity index (χ4n) is 2.03. The number of rotatable bonds is 1. The minimum Gasteiger partial charge on any atom is -0.372 e. The summed E-state index contributed by atoms with van der Waals surface area (Å²) in [7, 11) is 0. The SMILES string of the molecule is CC[C@H]1OCc2ccc(C)cc2[C@@H]1N.Cl. The molecule has 0 fully saturated rings. The number of hydrogen-bond donors (Lipinski definition) is 1. The van der Waals surface area contributed by atoms with E-state index < -0.39 is 0 Å². The summed E-state index contributed by atoms with van der Waals surface area (Å²) in [6.45, 7) is 4.93. The predicted octanol–water partition coefficient (Wildman–Crippen LogP) is 2.73. The zero-order valence-corrected chi connectivity index (χ0v) is 10.0. The van der Waals surface area contributed by atoms with Crippen molar-refractivity contribution in [2.24, 2.45) is 5.73 Å². The molecule has 0 aromatic heterocycles. The first-order valence-electron chi connectivity index (χ1n) is 5.19. The Hall–Kier alpha value is -0.570. The van der Waals surface area contributed by atoms with Crippen molar-refractivity contribution < 1.29 is 4.74 Å². The minimum absolute atomic E-state index is 0. The van der Waals surface area contributed by atoms with Gasteiger partial charge >= 0.3 is 0 Å².